The highest BCUT2D eigenvalue weighted by atomic mass is 16.5. The highest BCUT2D eigenvalue weighted by molar-refractivity contribution is 6.06. The van der Waals surface area contributed by atoms with E-state index in [-0.39, 0.29) is 5.91 Å². The molecular formula is C21H14N2O4. The van der Waals surface area contributed by atoms with Gasteiger partial charge in [-0.05, 0) is 23.8 Å². The molecule has 0 atom stereocenters. The Morgan fingerprint density at radius 1 is 1.04 bits per heavy atom. The van der Waals surface area contributed by atoms with Crippen molar-refractivity contribution in [2.24, 2.45) is 0 Å². The number of fused-ring (bicyclic) bond motifs is 1. The summed E-state index contributed by atoms with van der Waals surface area (Å²) in [6, 6.07) is 16.5. The van der Waals surface area contributed by atoms with E-state index in [0.717, 1.165) is 22.6 Å². The molecule has 6 nitrogen and oxygen atoms in total. The summed E-state index contributed by atoms with van der Waals surface area (Å²) in [5.41, 5.74) is 3.01. The Morgan fingerprint density at radius 2 is 1.85 bits per heavy atom. The molecule has 0 aliphatic rings. The summed E-state index contributed by atoms with van der Waals surface area (Å²) in [4.78, 5) is 23.9. The van der Waals surface area contributed by atoms with Crippen LogP contribution < -0.4 is 0 Å². The van der Waals surface area contributed by atoms with Gasteiger partial charge >= 0.3 is 5.97 Å². The zero-order valence-electron chi connectivity index (χ0n) is 14.1. The number of carboxylic acid groups (broad SMARTS) is 1. The molecule has 0 saturated carbocycles. The molecule has 2 aromatic carbocycles. The summed E-state index contributed by atoms with van der Waals surface area (Å²) < 4.78 is 6.57. The summed E-state index contributed by atoms with van der Waals surface area (Å²) in [5, 5.41) is 13.6. The van der Waals surface area contributed by atoms with Crippen molar-refractivity contribution in [2.75, 3.05) is 0 Å². The van der Waals surface area contributed by atoms with E-state index in [0.29, 0.717) is 16.8 Å². The molecule has 0 unspecified atom stereocenters. The van der Waals surface area contributed by atoms with Crippen LogP contribution in [0.25, 0.3) is 28.2 Å². The first kappa shape index (κ1) is 16.5. The number of benzene rings is 2. The smallest absolute Gasteiger partial charge is 0.328 e. The average Bonchev–Trinajstić information content (AvgIpc) is 3.34. The van der Waals surface area contributed by atoms with E-state index in [2.05, 4.69) is 5.16 Å². The lowest BCUT2D eigenvalue weighted by molar-refractivity contribution is -0.131. The van der Waals surface area contributed by atoms with Crippen LogP contribution in [0.15, 0.2) is 77.7 Å². The third-order valence-electron chi connectivity index (χ3n) is 4.24. The van der Waals surface area contributed by atoms with Crippen LogP contribution in [0.5, 0.6) is 0 Å². The van der Waals surface area contributed by atoms with E-state index in [9.17, 15) is 9.59 Å². The van der Waals surface area contributed by atoms with E-state index < -0.39 is 5.97 Å². The van der Waals surface area contributed by atoms with Crippen LogP contribution in [-0.2, 0) is 4.79 Å². The van der Waals surface area contributed by atoms with Gasteiger partial charge in [-0.1, -0.05) is 47.6 Å². The lowest BCUT2D eigenvalue weighted by atomic mass is 10.1. The molecule has 27 heavy (non-hydrogen) atoms. The van der Waals surface area contributed by atoms with Crippen LogP contribution in [-0.4, -0.2) is 26.7 Å². The van der Waals surface area contributed by atoms with Gasteiger partial charge in [0.2, 0.25) is 0 Å². The summed E-state index contributed by atoms with van der Waals surface area (Å²) in [5.74, 6) is -1.30. The van der Waals surface area contributed by atoms with Gasteiger partial charge < -0.3 is 9.63 Å². The predicted octanol–water partition coefficient (Wildman–Crippen LogP) is 4.08. The molecule has 0 aliphatic heterocycles. The number of rotatable bonds is 4. The molecule has 0 radical (unpaired) electrons. The van der Waals surface area contributed by atoms with E-state index in [1.165, 1.54) is 16.9 Å². The summed E-state index contributed by atoms with van der Waals surface area (Å²) in [6.07, 6.45) is 5.58. The predicted molar refractivity (Wildman–Crippen MR) is 100 cm³/mol. The van der Waals surface area contributed by atoms with E-state index in [4.69, 9.17) is 9.63 Å². The average molecular weight is 358 g/mol. The normalized spacial score (nSPS) is 11.3. The first-order chi connectivity index (χ1) is 13.1. The molecule has 4 aromatic rings. The number of hydrogen-bond donors (Lipinski definition) is 1. The van der Waals surface area contributed by atoms with Gasteiger partial charge in [-0.15, -0.1) is 0 Å². The van der Waals surface area contributed by atoms with E-state index in [1.54, 1.807) is 30.5 Å². The van der Waals surface area contributed by atoms with E-state index in [1.807, 2.05) is 30.3 Å². The zero-order chi connectivity index (χ0) is 18.8. The molecule has 4 rings (SSSR count). The maximum atomic E-state index is 13.1. The number of carboxylic acids is 1. The Balaban J connectivity index is 1.78. The Morgan fingerprint density at radius 3 is 2.63 bits per heavy atom. The van der Waals surface area contributed by atoms with Gasteiger partial charge in [0.05, 0.1) is 5.52 Å². The van der Waals surface area contributed by atoms with Crippen LogP contribution in [0.1, 0.15) is 15.9 Å². The van der Waals surface area contributed by atoms with Gasteiger partial charge in [0.25, 0.3) is 5.91 Å². The number of aromatic nitrogens is 2. The van der Waals surface area contributed by atoms with Gasteiger partial charge in [-0.3, -0.25) is 9.36 Å². The standard InChI is InChI=1S/C21H14N2O4/c24-19(25)10-9-14-7-4-8-18-16(14)11-12-23(18)21(26)17-13-27-22-20(17)15-5-2-1-3-6-15/h1-13H,(H,24,25)/b10-9+. The summed E-state index contributed by atoms with van der Waals surface area (Å²) in [7, 11) is 0. The number of carbonyl (C=O) groups is 2. The molecule has 2 heterocycles. The second-order valence-corrected chi connectivity index (χ2v) is 5.89. The topological polar surface area (TPSA) is 85.3 Å². The third-order valence-corrected chi connectivity index (χ3v) is 4.24. The molecule has 0 fully saturated rings. The number of hydrogen-bond acceptors (Lipinski definition) is 4. The molecule has 0 saturated heterocycles. The molecule has 132 valence electrons. The maximum absolute atomic E-state index is 13.1. The first-order valence-corrected chi connectivity index (χ1v) is 8.21. The highest BCUT2D eigenvalue weighted by Gasteiger charge is 2.20. The number of aliphatic carboxylic acids is 1. The van der Waals surface area contributed by atoms with Crippen molar-refractivity contribution < 1.29 is 19.2 Å². The number of nitrogens with zero attached hydrogens (tertiary/aromatic N) is 2. The fraction of sp³-hybridized carbons (Fsp3) is 0. The van der Waals surface area contributed by atoms with Crippen molar-refractivity contribution >= 4 is 28.9 Å². The van der Waals surface area contributed by atoms with E-state index >= 15 is 0 Å². The molecule has 2 aromatic heterocycles. The van der Waals surface area contributed by atoms with Crippen LogP contribution in [0.4, 0.5) is 0 Å². The maximum Gasteiger partial charge on any atom is 0.328 e. The minimum Gasteiger partial charge on any atom is -0.478 e. The molecule has 0 aliphatic carbocycles. The third kappa shape index (κ3) is 3.04. The van der Waals surface area contributed by atoms with Crippen molar-refractivity contribution in [3.63, 3.8) is 0 Å². The van der Waals surface area contributed by atoms with Crippen LogP contribution in [0.3, 0.4) is 0 Å². The van der Waals surface area contributed by atoms with Gasteiger partial charge in [-0.25, -0.2) is 4.79 Å². The van der Waals surface area contributed by atoms with Crippen LogP contribution in [0, 0.1) is 0 Å². The Kier molecular flexibility index (Phi) is 4.14. The Bertz CT molecular complexity index is 1170. The molecule has 0 bridgehead atoms. The van der Waals surface area contributed by atoms with Crippen molar-refractivity contribution in [3.8, 4) is 11.3 Å². The second kappa shape index (κ2) is 6.76. The lowest BCUT2D eigenvalue weighted by Crippen LogP contribution is -2.11. The fourth-order valence-electron chi connectivity index (χ4n) is 3.00. The van der Waals surface area contributed by atoms with Crippen molar-refractivity contribution in [2.45, 2.75) is 0 Å². The van der Waals surface area contributed by atoms with Crippen molar-refractivity contribution in [1.29, 1.82) is 0 Å². The first-order valence-electron chi connectivity index (χ1n) is 8.21. The van der Waals surface area contributed by atoms with Crippen molar-refractivity contribution in [3.05, 3.63) is 84.3 Å². The van der Waals surface area contributed by atoms with Gasteiger partial charge in [0.15, 0.2) is 0 Å². The summed E-state index contributed by atoms with van der Waals surface area (Å²) >= 11 is 0. The second-order valence-electron chi connectivity index (χ2n) is 5.89. The monoisotopic (exact) mass is 358 g/mol. The summed E-state index contributed by atoms with van der Waals surface area (Å²) in [6.45, 7) is 0. The Labute approximate surface area is 153 Å². The van der Waals surface area contributed by atoms with Crippen LogP contribution >= 0.6 is 0 Å². The molecule has 0 amide bonds. The molecular weight excluding hydrogens is 344 g/mol. The minimum absolute atomic E-state index is 0.274. The SMILES string of the molecule is O=C(O)/C=C/c1cccc2c1ccn2C(=O)c1conc1-c1ccccc1. The number of carbonyl (C=O) groups excluding carboxylic acids is 1. The molecule has 1 N–H and O–H groups in total. The van der Waals surface area contributed by atoms with Gasteiger partial charge in [-0.2, -0.15) is 0 Å². The molecule has 6 heteroatoms. The lowest BCUT2D eigenvalue weighted by Gasteiger charge is -2.05. The van der Waals surface area contributed by atoms with Crippen molar-refractivity contribution in [1.82, 2.24) is 9.72 Å². The van der Waals surface area contributed by atoms with Gasteiger partial charge in [0, 0.05) is 23.2 Å². The van der Waals surface area contributed by atoms with Crippen LogP contribution in [0.2, 0.25) is 0 Å². The fourth-order valence-corrected chi connectivity index (χ4v) is 3.00. The highest BCUT2D eigenvalue weighted by Crippen LogP contribution is 2.26. The zero-order valence-corrected chi connectivity index (χ0v) is 14.1. The minimum atomic E-state index is -1.03. The Hall–Kier alpha value is -3.93. The quantitative estimate of drug-likeness (QED) is 0.556. The van der Waals surface area contributed by atoms with Gasteiger partial charge in [0.1, 0.15) is 17.5 Å². The molecule has 0 spiro atoms. The largest absolute Gasteiger partial charge is 0.478 e.